The number of hydrogen-bond donors (Lipinski definition) is 1. The second-order valence-electron chi connectivity index (χ2n) is 8.97. The molecule has 7 nitrogen and oxygen atoms in total. The Balaban J connectivity index is 1.37. The standard InChI is InChI=1S/C32H28N2O5S/c1-3-34-30(35)29(40-32(34)33-25-15-13-23(14-16-25)31(36)37)19-21-12-17-27(28(18-21)38-4-2)39-20-24-10-7-9-22-8-5-6-11-26(22)24/h5-19H,3-4,20H2,1-2H3,(H,36,37). The highest BCUT2D eigenvalue weighted by atomic mass is 32.2. The molecule has 0 radical (unpaired) electrons. The Labute approximate surface area is 236 Å². The van der Waals surface area contributed by atoms with Crippen molar-refractivity contribution >= 4 is 51.3 Å². The molecule has 0 bridgehead atoms. The lowest BCUT2D eigenvalue weighted by atomic mass is 10.1. The van der Waals surface area contributed by atoms with Crippen molar-refractivity contribution in [3.8, 4) is 11.5 Å². The van der Waals surface area contributed by atoms with E-state index in [-0.39, 0.29) is 11.5 Å². The number of fused-ring (bicyclic) bond motifs is 1. The number of likely N-dealkylation sites (N-methyl/N-ethyl adjacent to an activating group) is 1. The number of aromatic carboxylic acids is 1. The van der Waals surface area contributed by atoms with Crippen molar-refractivity contribution in [3.63, 3.8) is 0 Å². The third-order valence-electron chi connectivity index (χ3n) is 6.37. The minimum atomic E-state index is -0.999. The summed E-state index contributed by atoms with van der Waals surface area (Å²) in [5, 5.41) is 12.0. The van der Waals surface area contributed by atoms with Crippen molar-refractivity contribution in [2.24, 2.45) is 4.99 Å². The fourth-order valence-electron chi connectivity index (χ4n) is 4.39. The van der Waals surface area contributed by atoms with Crippen LogP contribution >= 0.6 is 11.8 Å². The monoisotopic (exact) mass is 552 g/mol. The first-order valence-corrected chi connectivity index (χ1v) is 13.8. The Morgan fingerprint density at radius 1 is 0.950 bits per heavy atom. The van der Waals surface area contributed by atoms with Gasteiger partial charge in [-0.2, -0.15) is 0 Å². The molecular weight excluding hydrogens is 524 g/mol. The van der Waals surface area contributed by atoms with Gasteiger partial charge < -0.3 is 14.6 Å². The third-order valence-corrected chi connectivity index (χ3v) is 7.38. The van der Waals surface area contributed by atoms with Crippen LogP contribution in [0.5, 0.6) is 11.5 Å². The molecular formula is C32H28N2O5S. The maximum atomic E-state index is 13.2. The molecule has 1 aliphatic rings. The first-order chi connectivity index (χ1) is 19.5. The van der Waals surface area contributed by atoms with Crippen LogP contribution in [0.4, 0.5) is 5.69 Å². The van der Waals surface area contributed by atoms with Crippen molar-refractivity contribution < 1.29 is 24.2 Å². The quantitative estimate of drug-likeness (QED) is 0.222. The zero-order chi connectivity index (χ0) is 28.1. The number of nitrogens with zero attached hydrogens (tertiary/aromatic N) is 2. The molecule has 40 heavy (non-hydrogen) atoms. The van der Waals surface area contributed by atoms with Crippen LogP contribution < -0.4 is 9.47 Å². The number of carboxylic acids is 1. The van der Waals surface area contributed by atoms with Gasteiger partial charge in [-0.25, -0.2) is 9.79 Å². The number of rotatable bonds is 9. The summed E-state index contributed by atoms with van der Waals surface area (Å²) in [4.78, 5) is 31.0. The number of ether oxygens (including phenoxy) is 2. The van der Waals surface area contributed by atoms with E-state index in [1.165, 1.54) is 23.9 Å². The summed E-state index contributed by atoms with van der Waals surface area (Å²) in [5.74, 6) is 0.0981. The van der Waals surface area contributed by atoms with Gasteiger partial charge in [0.2, 0.25) is 0 Å². The number of amides is 1. The molecule has 0 atom stereocenters. The van der Waals surface area contributed by atoms with E-state index >= 15 is 0 Å². The van der Waals surface area contributed by atoms with Gasteiger partial charge in [-0.1, -0.05) is 48.5 Å². The molecule has 5 rings (SSSR count). The lowest BCUT2D eigenvalue weighted by molar-refractivity contribution is -0.122. The molecule has 1 amide bonds. The Kier molecular flexibility index (Phi) is 8.17. The zero-order valence-electron chi connectivity index (χ0n) is 22.2. The van der Waals surface area contributed by atoms with Crippen LogP contribution in [0.2, 0.25) is 0 Å². The largest absolute Gasteiger partial charge is 0.490 e. The summed E-state index contributed by atoms with van der Waals surface area (Å²) in [5.41, 5.74) is 2.65. The van der Waals surface area contributed by atoms with Crippen molar-refractivity contribution in [2.45, 2.75) is 20.5 Å². The van der Waals surface area contributed by atoms with Crippen LogP contribution in [0.15, 0.2) is 94.8 Å². The van der Waals surface area contributed by atoms with Crippen molar-refractivity contribution in [3.05, 3.63) is 107 Å². The van der Waals surface area contributed by atoms with E-state index in [9.17, 15) is 9.59 Å². The van der Waals surface area contributed by atoms with Gasteiger partial charge in [0.05, 0.1) is 22.8 Å². The number of carbonyl (C=O) groups is 2. The van der Waals surface area contributed by atoms with E-state index in [1.54, 1.807) is 17.0 Å². The minimum absolute atomic E-state index is 0.136. The molecule has 1 saturated heterocycles. The van der Waals surface area contributed by atoms with E-state index in [1.807, 2.05) is 56.3 Å². The fraction of sp³-hybridized carbons (Fsp3) is 0.156. The Bertz CT molecular complexity index is 1620. The number of thioether (sulfide) groups is 1. The molecule has 1 N–H and O–H groups in total. The number of carboxylic acid groups (broad SMARTS) is 1. The van der Waals surface area contributed by atoms with Gasteiger partial charge in [-0.05, 0) is 90.0 Å². The number of aliphatic imine (C=N–C) groups is 1. The van der Waals surface area contributed by atoms with Crippen LogP contribution in [0, 0.1) is 0 Å². The molecule has 8 heteroatoms. The molecule has 1 fully saturated rings. The van der Waals surface area contributed by atoms with Crippen molar-refractivity contribution in [1.29, 1.82) is 0 Å². The van der Waals surface area contributed by atoms with E-state index in [0.717, 1.165) is 21.9 Å². The molecule has 0 unspecified atom stereocenters. The molecule has 0 aromatic heterocycles. The molecule has 4 aromatic rings. The molecule has 202 valence electrons. The summed E-state index contributed by atoms with van der Waals surface area (Å²) in [7, 11) is 0. The Morgan fingerprint density at radius 2 is 1.73 bits per heavy atom. The SMILES string of the molecule is CCOc1cc(C=C2SC(=Nc3ccc(C(=O)O)cc3)N(CC)C2=O)ccc1OCc1cccc2ccccc12. The molecule has 0 saturated carbocycles. The summed E-state index contributed by atoms with van der Waals surface area (Å²) < 4.78 is 12.1. The van der Waals surface area contributed by atoms with E-state index < -0.39 is 5.97 Å². The highest BCUT2D eigenvalue weighted by Crippen LogP contribution is 2.36. The maximum absolute atomic E-state index is 13.2. The molecule has 1 heterocycles. The molecule has 4 aromatic carbocycles. The number of benzene rings is 4. The fourth-order valence-corrected chi connectivity index (χ4v) is 5.45. The predicted molar refractivity (Wildman–Crippen MR) is 159 cm³/mol. The first kappa shape index (κ1) is 27.0. The average molecular weight is 553 g/mol. The Morgan fingerprint density at radius 3 is 2.48 bits per heavy atom. The van der Waals surface area contributed by atoms with Gasteiger partial charge in [-0.3, -0.25) is 9.69 Å². The molecule has 1 aliphatic heterocycles. The number of amidine groups is 1. The van der Waals surface area contributed by atoms with Gasteiger partial charge in [0.15, 0.2) is 16.7 Å². The molecule has 0 spiro atoms. The highest BCUT2D eigenvalue weighted by molar-refractivity contribution is 8.18. The zero-order valence-corrected chi connectivity index (χ0v) is 23.0. The van der Waals surface area contributed by atoms with Crippen molar-refractivity contribution in [1.82, 2.24) is 4.90 Å². The van der Waals surface area contributed by atoms with E-state index in [0.29, 0.717) is 47.0 Å². The summed E-state index contributed by atoms with van der Waals surface area (Å²) in [6, 6.07) is 26.3. The molecule has 0 aliphatic carbocycles. The normalized spacial score (nSPS) is 15.2. The second kappa shape index (κ2) is 12.1. The summed E-state index contributed by atoms with van der Waals surface area (Å²) >= 11 is 1.28. The van der Waals surface area contributed by atoms with Crippen LogP contribution in [0.1, 0.15) is 35.3 Å². The topological polar surface area (TPSA) is 88.4 Å². The smallest absolute Gasteiger partial charge is 0.335 e. The predicted octanol–water partition coefficient (Wildman–Crippen LogP) is 7.14. The van der Waals surface area contributed by atoms with Crippen LogP contribution in [-0.4, -0.2) is 40.2 Å². The highest BCUT2D eigenvalue weighted by Gasteiger charge is 2.32. The lowest BCUT2D eigenvalue weighted by Crippen LogP contribution is -2.28. The number of hydrogen-bond acceptors (Lipinski definition) is 6. The lowest BCUT2D eigenvalue weighted by Gasteiger charge is -2.14. The number of carbonyl (C=O) groups excluding carboxylic acids is 1. The van der Waals surface area contributed by atoms with Gasteiger partial charge in [0.1, 0.15) is 6.61 Å². The van der Waals surface area contributed by atoms with Gasteiger partial charge in [0, 0.05) is 6.54 Å². The van der Waals surface area contributed by atoms with Crippen LogP contribution in [0.25, 0.3) is 16.8 Å². The summed E-state index contributed by atoms with van der Waals surface area (Å²) in [6.07, 6.45) is 1.82. The van der Waals surface area contributed by atoms with E-state index in [2.05, 4.69) is 29.3 Å². The van der Waals surface area contributed by atoms with Gasteiger partial charge in [0.25, 0.3) is 5.91 Å². The van der Waals surface area contributed by atoms with E-state index in [4.69, 9.17) is 14.6 Å². The van der Waals surface area contributed by atoms with Gasteiger partial charge >= 0.3 is 5.97 Å². The average Bonchev–Trinajstić information content (AvgIpc) is 3.26. The summed E-state index contributed by atoms with van der Waals surface area (Å²) in [6.45, 7) is 5.13. The second-order valence-corrected chi connectivity index (χ2v) is 9.98. The Hall–Kier alpha value is -4.56. The van der Waals surface area contributed by atoms with Crippen molar-refractivity contribution in [2.75, 3.05) is 13.2 Å². The minimum Gasteiger partial charge on any atom is -0.490 e. The van der Waals surface area contributed by atoms with Crippen LogP contribution in [0.3, 0.4) is 0 Å². The first-order valence-electron chi connectivity index (χ1n) is 13.0. The third kappa shape index (κ3) is 5.87. The van der Waals surface area contributed by atoms with Crippen LogP contribution in [-0.2, 0) is 11.4 Å². The maximum Gasteiger partial charge on any atom is 0.335 e. The van der Waals surface area contributed by atoms with Gasteiger partial charge in [-0.15, -0.1) is 0 Å².